The molecule has 0 aliphatic carbocycles. The summed E-state index contributed by atoms with van der Waals surface area (Å²) in [5.74, 6) is -9.64. The Balaban J connectivity index is 1.36. The Kier molecular flexibility index (Phi) is 25.6. The summed E-state index contributed by atoms with van der Waals surface area (Å²) < 4.78 is 0. The molecule has 2 aromatic rings. The summed E-state index contributed by atoms with van der Waals surface area (Å²) in [6, 6.07) is -3.20. The van der Waals surface area contributed by atoms with Crippen LogP contribution in [0.15, 0.2) is 48.5 Å². The van der Waals surface area contributed by atoms with Gasteiger partial charge in [0.25, 0.3) is 0 Å². The predicted octanol–water partition coefficient (Wildman–Crippen LogP) is -5.23. The van der Waals surface area contributed by atoms with E-state index in [1.54, 1.807) is 0 Å². The van der Waals surface area contributed by atoms with E-state index in [0.717, 1.165) is 16.7 Å². The number of aliphatic hydroxyl groups is 4. The highest BCUT2D eigenvalue weighted by molar-refractivity contribution is 5.99. The number of phenols is 2. The number of unbranched alkanes of at least 4 members (excludes halogenated alkanes) is 2. The highest BCUT2D eigenvalue weighted by atomic mass is 16.4. The molecule has 29 nitrogen and oxygen atoms in total. The lowest BCUT2D eigenvalue weighted by Gasteiger charge is -2.32. The molecule has 0 bridgehead atoms. The van der Waals surface area contributed by atoms with Gasteiger partial charge in [-0.2, -0.15) is 0 Å². The van der Waals surface area contributed by atoms with Gasteiger partial charge in [0.15, 0.2) is 0 Å². The average molecular weight is 1180 g/mol. The fourth-order valence-electron chi connectivity index (χ4n) is 10.4. The monoisotopic (exact) mass is 1180 g/mol. The van der Waals surface area contributed by atoms with Crippen molar-refractivity contribution in [3.63, 3.8) is 0 Å². The van der Waals surface area contributed by atoms with Gasteiger partial charge in [0.1, 0.15) is 65.9 Å². The average Bonchev–Trinajstić information content (AvgIpc) is 4.31. The maximum atomic E-state index is 14.8. The largest absolute Gasteiger partial charge is 0.508 e. The van der Waals surface area contributed by atoms with Gasteiger partial charge >= 0.3 is 5.97 Å². The third-order valence-electron chi connectivity index (χ3n) is 15.0. The van der Waals surface area contributed by atoms with E-state index in [-0.39, 0.29) is 69.7 Å². The van der Waals surface area contributed by atoms with Crippen LogP contribution < -0.4 is 49.1 Å². The molecule has 5 rings (SSSR count). The van der Waals surface area contributed by atoms with Gasteiger partial charge in [-0.05, 0) is 114 Å². The van der Waals surface area contributed by atoms with E-state index in [2.05, 4.69) is 31.9 Å². The van der Waals surface area contributed by atoms with Crippen LogP contribution in [0.1, 0.15) is 89.2 Å². The van der Waals surface area contributed by atoms with Crippen molar-refractivity contribution in [2.24, 2.45) is 17.2 Å². The lowest BCUT2D eigenvalue weighted by atomic mass is 10.0. The Morgan fingerprint density at radius 3 is 1.50 bits per heavy atom. The molecule has 3 aliphatic heterocycles. The summed E-state index contributed by atoms with van der Waals surface area (Å²) in [5.41, 5.74) is 17.9. The second kappa shape index (κ2) is 31.9. The van der Waals surface area contributed by atoms with Gasteiger partial charge in [-0.25, -0.2) is 4.79 Å². The minimum absolute atomic E-state index is 0.0209. The van der Waals surface area contributed by atoms with E-state index in [1.807, 2.05) is 0 Å². The van der Waals surface area contributed by atoms with Crippen LogP contribution in [0.2, 0.25) is 0 Å². The summed E-state index contributed by atoms with van der Waals surface area (Å²) in [6.07, 6.45) is -3.03. The molecular weight excluding hydrogens is 1100 g/mol. The zero-order valence-electron chi connectivity index (χ0n) is 47.1. The molecule has 3 fully saturated rings. The second-order valence-electron chi connectivity index (χ2n) is 21.6. The number of aromatic hydroxyl groups is 2. The number of nitrogens with one attached hydrogen (secondary N) is 6. The van der Waals surface area contributed by atoms with Crippen molar-refractivity contribution < 1.29 is 83.7 Å². The topological polar surface area (TPSA) is 472 Å². The summed E-state index contributed by atoms with van der Waals surface area (Å²) in [5, 5.41) is 87.8. The maximum Gasteiger partial charge on any atom is 0.326 e. The quantitative estimate of drug-likeness (QED) is 0.0325. The molecule has 9 amide bonds. The Morgan fingerprint density at radius 1 is 0.560 bits per heavy atom. The highest BCUT2D eigenvalue weighted by Crippen LogP contribution is 2.25. The Hall–Kier alpha value is -7.54. The molecule has 3 saturated heterocycles. The minimum Gasteiger partial charge on any atom is -0.508 e. The first-order valence-electron chi connectivity index (χ1n) is 28.2. The van der Waals surface area contributed by atoms with E-state index < -0.39 is 157 Å². The number of β-amino-alcohol motifs (C(OH)–C–C–N with tert-alkyl or cyclic N) is 2. The zero-order valence-corrected chi connectivity index (χ0v) is 47.1. The van der Waals surface area contributed by atoms with Crippen LogP contribution in [0, 0.1) is 0 Å². The Bertz CT molecular complexity index is 2610. The number of carboxylic acids is 1. The van der Waals surface area contributed by atoms with E-state index >= 15 is 0 Å². The Labute approximate surface area is 485 Å². The third-order valence-corrected chi connectivity index (χ3v) is 15.0. The zero-order chi connectivity index (χ0) is 61.9. The predicted molar refractivity (Wildman–Crippen MR) is 298 cm³/mol. The molecule has 3 aliphatic rings. The van der Waals surface area contributed by atoms with Crippen LogP contribution in [-0.2, 0) is 60.8 Å². The normalized spacial score (nSPS) is 21.4. The smallest absolute Gasteiger partial charge is 0.326 e. The van der Waals surface area contributed by atoms with Crippen molar-refractivity contribution in [1.82, 2.24) is 46.6 Å². The number of aliphatic carboxylic acids is 1. The van der Waals surface area contributed by atoms with Crippen molar-refractivity contribution in [3.05, 3.63) is 59.7 Å². The molecule has 0 radical (unpaired) electrons. The number of rotatable bonds is 30. The molecule has 19 N–H and O–H groups in total. The number of likely N-dealkylation sites (tertiary alicyclic amines) is 3. The van der Waals surface area contributed by atoms with Crippen LogP contribution in [0.5, 0.6) is 11.5 Å². The van der Waals surface area contributed by atoms with Gasteiger partial charge in [0, 0.05) is 45.3 Å². The number of carbonyl (C=O) groups is 10. The summed E-state index contributed by atoms with van der Waals surface area (Å²) >= 11 is 0. The second-order valence-corrected chi connectivity index (χ2v) is 21.6. The van der Waals surface area contributed by atoms with Gasteiger partial charge in [0.05, 0.1) is 31.0 Å². The van der Waals surface area contributed by atoms with Crippen LogP contribution in [-0.4, -0.2) is 228 Å². The lowest BCUT2D eigenvalue weighted by molar-refractivity contribution is -0.149. The molecule has 0 unspecified atom stereocenters. The molecule has 2 aromatic carbocycles. The van der Waals surface area contributed by atoms with E-state index in [4.69, 9.17) is 17.2 Å². The number of hydrogen-bond donors (Lipinski definition) is 16. The first-order chi connectivity index (χ1) is 39.9. The number of nitrogens with two attached hydrogens (primary N) is 3. The molecule has 29 heteroatoms. The van der Waals surface area contributed by atoms with Crippen LogP contribution in [0.3, 0.4) is 0 Å². The van der Waals surface area contributed by atoms with Crippen molar-refractivity contribution in [2.75, 3.05) is 39.3 Å². The van der Waals surface area contributed by atoms with E-state index in [1.165, 1.54) is 60.4 Å². The molecule has 0 aromatic heterocycles. The number of aliphatic hydroxyl groups excluding tert-OH is 4. The number of phenolic OH excluding ortho intramolecular Hbond substituents is 2. The number of benzene rings is 2. The van der Waals surface area contributed by atoms with Crippen molar-refractivity contribution >= 4 is 59.1 Å². The van der Waals surface area contributed by atoms with Gasteiger partial charge in [-0.15, -0.1) is 0 Å². The molecule has 0 spiro atoms. The third kappa shape index (κ3) is 18.7. The van der Waals surface area contributed by atoms with Gasteiger partial charge in [-0.1, -0.05) is 24.3 Å². The van der Waals surface area contributed by atoms with Gasteiger partial charge < -0.3 is 99.5 Å². The summed E-state index contributed by atoms with van der Waals surface area (Å²) in [7, 11) is 0. The minimum atomic E-state index is -1.87. The van der Waals surface area contributed by atoms with Gasteiger partial charge in [-0.3, -0.25) is 43.2 Å². The number of amides is 9. The van der Waals surface area contributed by atoms with Gasteiger partial charge in [0.2, 0.25) is 53.2 Å². The van der Waals surface area contributed by atoms with Crippen molar-refractivity contribution in [2.45, 2.75) is 170 Å². The molecular formula is C55H82N12O17. The summed E-state index contributed by atoms with van der Waals surface area (Å²) in [4.78, 5) is 141. The van der Waals surface area contributed by atoms with Crippen molar-refractivity contribution in [1.29, 1.82) is 0 Å². The fourth-order valence-corrected chi connectivity index (χ4v) is 10.4. The van der Waals surface area contributed by atoms with E-state index in [0.29, 0.717) is 49.8 Å². The molecule has 464 valence electrons. The first kappa shape index (κ1) is 67.3. The van der Waals surface area contributed by atoms with Crippen LogP contribution in [0.25, 0.3) is 0 Å². The number of hydrogen-bond acceptors (Lipinski definition) is 19. The number of carboxylic acid groups (broad SMARTS) is 1. The first-order valence-corrected chi connectivity index (χ1v) is 28.2. The number of nitrogens with zero attached hydrogens (tertiary/aromatic N) is 3. The molecule has 13 atom stereocenters. The number of carbonyl (C=O) groups excluding carboxylic acids is 9. The van der Waals surface area contributed by atoms with Crippen molar-refractivity contribution in [3.8, 4) is 11.5 Å². The molecule has 3 heterocycles. The highest BCUT2D eigenvalue weighted by Gasteiger charge is 2.46. The maximum absolute atomic E-state index is 14.8. The van der Waals surface area contributed by atoms with Crippen LogP contribution in [0.4, 0.5) is 0 Å². The Morgan fingerprint density at radius 2 is 1.00 bits per heavy atom. The molecule has 0 saturated carbocycles. The summed E-state index contributed by atoms with van der Waals surface area (Å²) in [6.45, 7) is 1.46. The van der Waals surface area contributed by atoms with Crippen LogP contribution >= 0.6 is 0 Å². The SMILES string of the molecule is C[C@H](N)C(=O)N[C@@H](CCCCN)C(=O)N1CCC[C@H]1C(=O)N[C@@H](CO)C(=O)N[C@@H](Cc1ccc(O)cc1)C(=O)N1C[C@H](O)C[C@H]1C(=O)N[C@H](C(=O)N[C@@H](Cc1ccc(O)cc1)C(=O)N[C@@H](CCCCN)C(=O)N1C[C@H](O)C[C@H]1C(=O)O)[C@@H](C)O. The fraction of sp³-hybridized carbons (Fsp3) is 0.600. The molecule has 84 heavy (non-hydrogen) atoms. The lowest BCUT2D eigenvalue weighted by Crippen LogP contribution is -2.62. The standard InChI is InChI=1S/C55H82N12O17/c1-29(58)46(74)59-37(8-3-5-19-56)52(80)65-21-7-10-42(65)49(77)63-41(28-68)48(76)62-40(23-32-13-17-34(71)18-14-32)54(82)66-26-35(72)24-43(66)50(78)64-45(30(2)69)51(79)61-39(22-31-11-15-33(70)16-12-31)47(75)60-38(9-4-6-20-57)53(81)67-27-36(73)25-44(67)55(83)84/h11-18,29-30,35-45,68-73H,3-10,19-28,56-58H2,1-2H3,(H,59,74)(H,60,75)(H,61,79)(H,62,76)(H,63,77)(H,64,78)(H,83,84)/t29-,30+,35+,36+,37-,38-,39-,40-,41-,42-,43-,44-,45-/m0/s1. The van der Waals surface area contributed by atoms with E-state index in [9.17, 15) is 83.7 Å².